The zero-order valence-corrected chi connectivity index (χ0v) is 10.6. The number of para-hydroxylation sites is 1. The number of hydrogen-bond acceptors (Lipinski definition) is 4. The number of benzene rings is 1. The predicted octanol–water partition coefficient (Wildman–Crippen LogP) is 3.16. The third-order valence-electron chi connectivity index (χ3n) is 2.10. The van der Waals surface area contributed by atoms with E-state index in [4.69, 9.17) is 0 Å². The molecule has 1 aromatic heterocycles. The Labute approximate surface area is 106 Å². The Morgan fingerprint density at radius 1 is 1.29 bits per heavy atom. The van der Waals surface area contributed by atoms with Gasteiger partial charge >= 0.3 is 0 Å². The van der Waals surface area contributed by atoms with E-state index in [2.05, 4.69) is 36.5 Å². The maximum atomic E-state index is 13.6. The van der Waals surface area contributed by atoms with Gasteiger partial charge in [0, 0.05) is 17.7 Å². The van der Waals surface area contributed by atoms with Gasteiger partial charge in [-0.15, -0.1) is 0 Å². The smallest absolute Gasteiger partial charge is 0.224 e. The summed E-state index contributed by atoms with van der Waals surface area (Å²) in [5.74, 6) is 0.654. The minimum absolute atomic E-state index is 0.344. The van der Waals surface area contributed by atoms with Gasteiger partial charge in [-0.3, -0.25) is 0 Å². The largest absolute Gasteiger partial charge is 0.357 e. The van der Waals surface area contributed by atoms with Gasteiger partial charge in [-0.25, -0.2) is 9.37 Å². The molecule has 0 bridgehead atoms. The van der Waals surface area contributed by atoms with Gasteiger partial charge in [0.1, 0.15) is 11.6 Å². The molecule has 0 aliphatic rings. The van der Waals surface area contributed by atoms with E-state index < -0.39 is 0 Å². The van der Waals surface area contributed by atoms with Crippen LogP contribution in [0.3, 0.4) is 0 Å². The Bertz CT molecular complexity index is 512. The van der Waals surface area contributed by atoms with Gasteiger partial charge in [0.2, 0.25) is 5.95 Å². The molecular weight excluding hydrogens is 287 g/mol. The first-order valence-electron chi connectivity index (χ1n) is 4.92. The minimum atomic E-state index is -0.344. The lowest BCUT2D eigenvalue weighted by Crippen LogP contribution is -2.01. The average molecular weight is 297 g/mol. The second kappa shape index (κ2) is 5.09. The molecule has 88 valence electrons. The molecule has 2 N–H and O–H groups in total. The predicted molar refractivity (Wildman–Crippen MR) is 69.0 cm³/mol. The molecule has 4 nitrogen and oxygen atoms in total. The fraction of sp³-hybridized carbons (Fsp3) is 0.0909. The molecule has 0 saturated carbocycles. The fourth-order valence-corrected chi connectivity index (χ4v) is 1.74. The van der Waals surface area contributed by atoms with Crippen molar-refractivity contribution in [2.75, 3.05) is 17.7 Å². The van der Waals surface area contributed by atoms with Crippen molar-refractivity contribution in [2.45, 2.75) is 0 Å². The molecule has 1 aromatic carbocycles. The molecule has 0 fully saturated rings. The van der Waals surface area contributed by atoms with Crippen molar-refractivity contribution in [3.05, 3.63) is 40.8 Å². The third kappa shape index (κ3) is 2.71. The highest BCUT2D eigenvalue weighted by atomic mass is 79.9. The molecule has 0 amide bonds. The average Bonchev–Trinajstić information content (AvgIpc) is 2.34. The van der Waals surface area contributed by atoms with Crippen LogP contribution in [0.15, 0.2) is 34.9 Å². The van der Waals surface area contributed by atoms with Gasteiger partial charge in [0.05, 0.1) is 5.69 Å². The number of aromatic nitrogens is 2. The van der Waals surface area contributed by atoms with Crippen LogP contribution in [-0.4, -0.2) is 17.0 Å². The lowest BCUT2D eigenvalue weighted by Gasteiger charge is -2.09. The van der Waals surface area contributed by atoms with Crippen LogP contribution in [0.5, 0.6) is 0 Å². The van der Waals surface area contributed by atoms with E-state index >= 15 is 0 Å². The van der Waals surface area contributed by atoms with Crippen molar-refractivity contribution in [3.63, 3.8) is 0 Å². The standard InChI is InChI=1S/C11H10BrFN4/c1-14-11-15-6-5-9(17-11)16-10-7(12)3-2-4-8(10)13/h2-6H,1H3,(H2,14,15,16,17). The summed E-state index contributed by atoms with van der Waals surface area (Å²) >= 11 is 3.28. The van der Waals surface area contributed by atoms with Crippen molar-refractivity contribution in [1.82, 2.24) is 9.97 Å². The molecule has 0 atom stereocenters. The first kappa shape index (κ1) is 11.8. The van der Waals surface area contributed by atoms with E-state index in [9.17, 15) is 4.39 Å². The number of nitrogens with one attached hydrogen (secondary N) is 2. The number of halogens is 2. The van der Waals surface area contributed by atoms with Gasteiger partial charge in [-0.1, -0.05) is 6.07 Å². The molecule has 0 radical (unpaired) electrons. The quantitative estimate of drug-likeness (QED) is 0.913. The van der Waals surface area contributed by atoms with Gasteiger partial charge in [-0.2, -0.15) is 4.98 Å². The van der Waals surface area contributed by atoms with Crippen molar-refractivity contribution < 1.29 is 4.39 Å². The van der Waals surface area contributed by atoms with Gasteiger partial charge in [0.25, 0.3) is 0 Å². The Morgan fingerprint density at radius 2 is 2.12 bits per heavy atom. The van der Waals surface area contributed by atoms with E-state index in [-0.39, 0.29) is 5.82 Å². The molecule has 2 rings (SSSR count). The van der Waals surface area contributed by atoms with Crippen LogP contribution in [0.1, 0.15) is 0 Å². The van der Waals surface area contributed by atoms with E-state index in [1.165, 1.54) is 6.07 Å². The zero-order valence-electron chi connectivity index (χ0n) is 9.04. The highest BCUT2D eigenvalue weighted by Crippen LogP contribution is 2.27. The maximum absolute atomic E-state index is 13.6. The summed E-state index contributed by atoms with van der Waals surface area (Å²) in [4.78, 5) is 8.12. The van der Waals surface area contributed by atoms with E-state index in [1.54, 1.807) is 31.4 Å². The zero-order chi connectivity index (χ0) is 12.3. The molecule has 17 heavy (non-hydrogen) atoms. The highest BCUT2D eigenvalue weighted by molar-refractivity contribution is 9.10. The second-order valence-electron chi connectivity index (χ2n) is 3.24. The van der Waals surface area contributed by atoms with E-state index in [0.717, 1.165) is 0 Å². The second-order valence-corrected chi connectivity index (χ2v) is 4.09. The maximum Gasteiger partial charge on any atom is 0.224 e. The molecule has 6 heteroatoms. The SMILES string of the molecule is CNc1nccc(Nc2c(F)cccc2Br)n1. The van der Waals surface area contributed by atoms with Crippen molar-refractivity contribution >= 4 is 33.4 Å². The monoisotopic (exact) mass is 296 g/mol. The summed E-state index contributed by atoms with van der Waals surface area (Å²) in [6.45, 7) is 0. The van der Waals surface area contributed by atoms with Crippen LogP contribution >= 0.6 is 15.9 Å². The summed E-state index contributed by atoms with van der Waals surface area (Å²) in [5, 5.41) is 5.72. The molecular formula is C11H10BrFN4. The van der Waals surface area contributed by atoms with Crippen LogP contribution in [-0.2, 0) is 0 Å². The lowest BCUT2D eigenvalue weighted by atomic mass is 10.3. The van der Waals surface area contributed by atoms with Crippen LogP contribution < -0.4 is 10.6 Å². The number of hydrogen-bond donors (Lipinski definition) is 2. The van der Waals surface area contributed by atoms with Gasteiger partial charge < -0.3 is 10.6 Å². The van der Waals surface area contributed by atoms with Crippen LogP contribution in [0, 0.1) is 5.82 Å². The Balaban J connectivity index is 2.31. The summed E-state index contributed by atoms with van der Waals surface area (Å²) in [7, 11) is 1.72. The summed E-state index contributed by atoms with van der Waals surface area (Å²) < 4.78 is 14.2. The molecule has 0 spiro atoms. The normalized spacial score (nSPS) is 10.1. The molecule has 1 heterocycles. The number of anilines is 3. The molecule has 0 unspecified atom stereocenters. The lowest BCUT2D eigenvalue weighted by molar-refractivity contribution is 0.631. The van der Waals surface area contributed by atoms with E-state index in [0.29, 0.717) is 21.9 Å². The van der Waals surface area contributed by atoms with Crippen LogP contribution in [0.25, 0.3) is 0 Å². The van der Waals surface area contributed by atoms with Gasteiger partial charge in [-0.05, 0) is 34.1 Å². The van der Waals surface area contributed by atoms with Crippen LogP contribution in [0.2, 0.25) is 0 Å². The fourth-order valence-electron chi connectivity index (χ4n) is 1.29. The van der Waals surface area contributed by atoms with E-state index in [1.807, 2.05) is 0 Å². The first-order chi connectivity index (χ1) is 8.20. The van der Waals surface area contributed by atoms with Crippen molar-refractivity contribution in [1.29, 1.82) is 0 Å². The summed E-state index contributed by atoms with van der Waals surface area (Å²) in [6, 6.07) is 6.43. The van der Waals surface area contributed by atoms with Crippen LogP contribution in [0.4, 0.5) is 21.8 Å². The summed E-state index contributed by atoms with van der Waals surface area (Å²) in [5.41, 5.74) is 0.355. The van der Waals surface area contributed by atoms with Crippen molar-refractivity contribution in [2.24, 2.45) is 0 Å². The Hall–Kier alpha value is -1.69. The third-order valence-corrected chi connectivity index (χ3v) is 2.76. The minimum Gasteiger partial charge on any atom is -0.357 e. The molecule has 2 aromatic rings. The van der Waals surface area contributed by atoms with Gasteiger partial charge in [0.15, 0.2) is 0 Å². The van der Waals surface area contributed by atoms with Crippen molar-refractivity contribution in [3.8, 4) is 0 Å². The Kier molecular flexibility index (Phi) is 3.53. The Morgan fingerprint density at radius 3 is 2.82 bits per heavy atom. The highest BCUT2D eigenvalue weighted by Gasteiger charge is 2.07. The first-order valence-corrected chi connectivity index (χ1v) is 5.72. The molecule has 0 aliphatic carbocycles. The molecule has 0 saturated heterocycles. The molecule has 0 aliphatic heterocycles. The summed E-state index contributed by atoms with van der Waals surface area (Å²) in [6.07, 6.45) is 1.59. The number of rotatable bonds is 3. The number of nitrogens with zero attached hydrogens (tertiary/aromatic N) is 2. The topological polar surface area (TPSA) is 49.8 Å².